The van der Waals surface area contributed by atoms with Crippen LogP contribution < -0.4 is 5.32 Å². The van der Waals surface area contributed by atoms with E-state index < -0.39 is 5.60 Å². The molecular weight excluding hydrogens is 330 g/mol. The van der Waals surface area contributed by atoms with Crippen molar-refractivity contribution in [1.82, 2.24) is 15.1 Å². The fraction of sp³-hybridized carbons (Fsp3) is 0.600. The summed E-state index contributed by atoms with van der Waals surface area (Å²) in [6, 6.07) is 9.65. The van der Waals surface area contributed by atoms with Crippen LogP contribution in [-0.2, 0) is 9.53 Å². The van der Waals surface area contributed by atoms with Gasteiger partial charge in [-0.2, -0.15) is 0 Å². The number of hydrogen-bond donors (Lipinski definition) is 1. The fourth-order valence-electron chi connectivity index (χ4n) is 2.94. The highest BCUT2D eigenvalue weighted by Gasteiger charge is 2.30. The van der Waals surface area contributed by atoms with Gasteiger partial charge in [-0.25, -0.2) is 4.79 Å². The largest absolute Gasteiger partial charge is 0.444 e. The molecule has 0 bridgehead atoms. The quantitative estimate of drug-likeness (QED) is 0.896. The molecule has 2 atom stereocenters. The SMILES string of the molecule is CC(NC(=O)C(C)N1CCN(C(=O)OC(C)(C)C)CC1)c1ccccc1. The number of amides is 2. The highest BCUT2D eigenvalue weighted by atomic mass is 16.6. The van der Waals surface area contributed by atoms with Crippen molar-refractivity contribution in [2.45, 2.75) is 52.3 Å². The zero-order chi connectivity index (χ0) is 19.3. The molecule has 0 radical (unpaired) electrons. The highest BCUT2D eigenvalue weighted by molar-refractivity contribution is 5.81. The Bertz CT molecular complexity index is 604. The summed E-state index contributed by atoms with van der Waals surface area (Å²) >= 11 is 0. The molecule has 1 saturated heterocycles. The van der Waals surface area contributed by atoms with Crippen LogP contribution in [0.1, 0.15) is 46.2 Å². The summed E-state index contributed by atoms with van der Waals surface area (Å²) in [6.07, 6.45) is -0.285. The molecule has 144 valence electrons. The van der Waals surface area contributed by atoms with E-state index in [0.717, 1.165) is 5.56 Å². The van der Waals surface area contributed by atoms with Gasteiger partial charge in [0.05, 0.1) is 12.1 Å². The Balaban J connectivity index is 1.83. The third kappa shape index (κ3) is 5.73. The number of piperazine rings is 1. The molecule has 1 aliphatic rings. The van der Waals surface area contributed by atoms with E-state index >= 15 is 0 Å². The van der Waals surface area contributed by atoms with Crippen molar-refractivity contribution in [2.24, 2.45) is 0 Å². The predicted molar refractivity (Wildman–Crippen MR) is 102 cm³/mol. The first-order valence-electron chi connectivity index (χ1n) is 9.24. The van der Waals surface area contributed by atoms with Crippen molar-refractivity contribution >= 4 is 12.0 Å². The van der Waals surface area contributed by atoms with E-state index in [4.69, 9.17) is 4.74 Å². The first kappa shape index (κ1) is 20.2. The first-order valence-corrected chi connectivity index (χ1v) is 9.24. The lowest BCUT2D eigenvalue weighted by molar-refractivity contribution is -0.127. The molecule has 1 fully saturated rings. The van der Waals surface area contributed by atoms with Gasteiger partial charge in [-0.05, 0) is 40.2 Å². The Morgan fingerprint density at radius 2 is 1.62 bits per heavy atom. The van der Waals surface area contributed by atoms with Gasteiger partial charge >= 0.3 is 6.09 Å². The lowest BCUT2D eigenvalue weighted by Gasteiger charge is -2.38. The topological polar surface area (TPSA) is 61.9 Å². The van der Waals surface area contributed by atoms with E-state index in [1.807, 2.05) is 65.0 Å². The molecule has 0 saturated carbocycles. The predicted octanol–water partition coefficient (Wildman–Crippen LogP) is 2.81. The molecule has 2 unspecified atom stereocenters. The molecule has 26 heavy (non-hydrogen) atoms. The van der Waals surface area contributed by atoms with Gasteiger partial charge in [-0.15, -0.1) is 0 Å². The molecule has 0 aliphatic carbocycles. The van der Waals surface area contributed by atoms with Crippen LogP contribution in [0.25, 0.3) is 0 Å². The number of carbonyl (C=O) groups is 2. The molecule has 1 aromatic rings. The van der Waals surface area contributed by atoms with Crippen molar-refractivity contribution in [3.05, 3.63) is 35.9 Å². The van der Waals surface area contributed by atoms with Crippen molar-refractivity contribution in [3.63, 3.8) is 0 Å². The second-order valence-electron chi connectivity index (χ2n) is 7.82. The molecule has 0 spiro atoms. The summed E-state index contributed by atoms with van der Waals surface area (Å²) in [5.74, 6) is 0.00655. The number of nitrogens with one attached hydrogen (secondary N) is 1. The summed E-state index contributed by atoms with van der Waals surface area (Å²) in [7, 11) is 0. The summed E-state index contributed by atoms with van der Waals surface area (Å²) < 4.78 is 5.41. The van der Waals surface area contributed by atoms with E-state index in [1.165, 1.54) is 0 Å². The maximum Gasteiger partial charge on any atom is 0.410 e. The van der Waals surface area contributed by atoms with Crippen LogP contribution in [-0.4, -0.2) is 59.6 Å². The third-order valence-electron chi connectivity index (χ3n) is 4.55. The van der Waals surface area contributed by atoms with E-state index in [0.29, 0.717) is 26.2 Å². The standard InChI is InChI=1S/C20H31N3O3/c1-15(17-9-7-6-8-10-17)21-18(24)16(2)22-11-13-23(14-12-22)19(25)26-20(3,4)5/h6-10,15-16H,11-14H2,1-5H3,(H,21,24). The Morgan fingerprint density at radius 3 is 2.15 bits per heavy atom. The van der Waals surface area contributed by atoms with Gasteiger partial charge in [0, 0.05) is 26.2 Å². The average Bonchev–Trinajstić information content (AvgIpc) is 2.60. The van der Waals surface area contributed by atoms with Crippen LogP contribution in [0.15, 0.2) is 30.3 Å². The maximum atomic E-state index is 12.6. The van der Waals surface area contributed by atoms with Gasteiger partial charge < -0.3 is 15.0 Å². The number of rotatable bonds is 4. The smallest absolute Gasteiger partial charge is 0.410 e. The Labute approximate surface area is 156 Å². The second kappa shape index (κ2) is 8.54. The van der Waals surface area contributed by atoms with Crippen molar-refractivity contribution in [1.29, 1.82) is 0 Å². The summed E-state index contributed by atoms with van der Waals surface area (Å²) in [5.41, 5.74) is 0.595. The maximum absolute atomic E-state index is 12.6. The Kier molecular flexibility index (Phi) is 6.64. The highest BCUT2D eigenvalue weighted by Crippen LogP contribution is 2.15. The summed E-state index contributed by atoms with van der Waals surface area (Å²) in [4.78, 5) is 28.5. The second-order valence-corrected chi connectivity index (χ2v) is 7.82. The number of nitrogens with zero attached hydrogens (tertiary/aromatic N) is 2. The zero-order valence-electron chi connectivity index (χ0n) is 16.5. The molecule has 2 amide bonds. The fourth-order valence-corrected chi connectivity index (χ4v) is 2.94. The molecule has 1 aromatic carbocycles. The Morgan fingerprint density at radius 1 is 1.04 bits per heavy atom. The first-order chi connectivity index (χ1) is 12.2. The van der Waals surface area contributed by atoms with E-state index in [-0.39, 0.29) is 24.1 Å². The molecule has 1 N–H and O–H groups in total. The molecule has 6 nitrogen and oxygen atoms in total. The van der Waals surface area contributed by atoms with Crippen LogP contribution >= 0.6 is 0 Å². The van der Waals surface area contributed by atoms with Gasteiger partial charge in [-0.3, -0.25) is 9.69 Å². The van der Waals surface area contributed by atoms with Crippen LogP contribution in [0.4, 0.5) is 4.79 Å². The number of ether oxygens (including phenoxy) is 1. The summed E-state index contributed by atoms with van der Waals surface area (Å²) in [5, 5.41) is 3.07. The minimum absolute atomic E-state index is 0.00655. The Hall–Kier alpha value is -2.08. The van der Waals surface area contributed by atoms with Crippen LogP contribution in [0, 0.1) is 0 Å². The normalized spacial score (nSPS) is 18.1. The van der Waals surface area contributed by atoms with Crippen LogP contribution in [0.2, 0.25) is 0 Å². The van der Waals surface area contributed by atoms with Crippen LogP contribution in [0.3, 0.4) is 0 Å². The lowest BCUT2D eigenvalue weighted by atomic mass is 10.1. The zero-order valence-corrected chi connectivity index (χ0v) is 16.5. The third-order valence-corrected chi connectivity index (χ3v) is 4.55. The number of hydrogen-bond acceptors (Lipinski definition) is 4. The minimum Gasteiger partial charge on any atom is -0.444 e. The van der Waals surface area contributed by atoms with Crippen molar-refractivity contribution in [2.75, 3.05) is 26.2 Å². The van der Waals surface area contributed by atoms with E-state index in [9.17, 15) is 9.59 Å². The van der Waals surface area contributed by atoms with Crippen LogP contribution in [0.5, 0.6) is 0 Å². The van der Waals surface area contributed by atoms with Crippen molar-refractivity contribution in [3.8, 4) is 0 Å². The van der Waals surface area contributed by atoms with Gasteiger partial charge in [0.1, 0.15) is 5.60 Å². The number of benzene rings is 1. The number of carbonyl (C=O) groups excluding carboxylic acids is 2. The van der Waals surface area contributed by atoms with Gasteiger partial charge in [0.2, 0.25) is 5.91 Å². The minimum atomic E-state index is -0.491. The molecule has 6 heteroatoms. The van der Waals surface area contributed by atoms with Gasteiger partial charge in [0.15, 0.2) is 0 Å². The monoisotopic (exact) mass is 361 g/mol. The van der Waals surface area contributed by atoms with Gasteiger partial charge in [0.25, 0.3) is 0 Å². The van der Waals surface area contributed by atoms with E-state index in [1.54, 1.807) is 4.90 Å². The van der Waals surface area contributed by atoms with E-state index in [2.05, 4.69) is 10.2 Å². The molecular formula is C20H31N3O3. The average molecular weight is 361 g/mol. The van der Waals surface area contributed by atoms with Crippen molar-refractivity contribution < 1.29 is 14.3 Å². The summed E-state index contributed by atoms with van der Waals surface area (Å²) in [6.45, 7) is 11.9. The van der Waals surface area contributed by atoms with Gasteiger partial charge in [-0.1, -0.05) is 30.3 Å². The molecule has 0 aromatic heterocycles. The molecule has 1 aliphatic heterocycles. The molecule has 1 heterocycles. The molecule has 2 rings (SSSR count). The lowest BCUT2D eigenvalue weighted by Crippen LogP contribution is -2.55.